The Balaban J connectivity index is 2.74. The Morgan fingerprint density at radius 3 is 2.57 bits per heavy atom. The maximum absolute atomic E-state index is 14.0. The number of rotatable bonds is 5. The van der Waals surface area contributed by atoms with Gasteiger partial charge in [-0.1, -0.05) is 18.2 Å². The number of anilines is 1. The van der Waals surface area contributed by atoms with Gasteiger partial charge in [0.05, 0.1) is 11.3 Å². The molecule has 0 aliphatic heterocycles. The predicted octanol–water partition coefficient (Wildman–Crippen LogP) is 3.80. The first-order chi connectivity index (χ1) is 9.64. The van der Waals surface area contributed by atoms with Gasteiger partial charge in [-0.15, -0.1) is 0 Å². The standard InChI is InChI=1S/C15H19ClFNO3/c1-9(14(19)21-15(2,3)4)8-20-12-7-10(16)6-11(18-5)13(12)17/h6-7,18H,1,8H2,2-5H3. The Labute approximate surface area is 128 Å². The van der Waals surface area contributed by atoms with Gasteiger partial charge in [0.2, 0.25) is 0 Å². The van der Waals surface area contributed by atoms with Crippen molar-refractivity contribution in [2.75, 3.05) is 19.0 Å². The summed E-state index contributed by atoms with van der Waals surface area (Å²) in [5, 5.41) is 2.98. The molecule has 1 N–H and O–H groups in total. The van der Waals surface area contributed by atoms with Gasteiger partial charge in [-0.05, 0) is 26.8 Å². The lowest BCUT2D eigenvalue weighted by Gasteiger charge is -2.20. The van der Waals surface area contributed by atoms with Gasteiger partial charge in [0, 0.05) is 18.1 Å². The summed E-state index contributed by atoms with van der Waals surface area (Å²) in [5.41, 5.74) is -0.323. The van der Waals surface area contributed by atoms with Crippen LogP contribution in [0.5, 0.6) is 5.75 Å². The summed E-state index contributed by atoms with van der Waals surface area (Å²) in [5.74, 6) is -1.23. The third-order valence-electron chi connectivity index (χ3n) is 2.36. The van der Waals surface area contributed by atoms with E-state index in [9.17, 15) is 9.18 Å². The van der Waals surface area contributed by atoms with Crippen molar-refractivity contribution in [3.05, 3.63) is 35.1 Å². The highest BCUT2D eigenvalue weighted by atomic mass is 35.5. The van der Waals surface area contributed by atoms with Crippen molar-refractivity contribution in [3.8, 4) is 5.75 Å². The molecule has 1 aromatic carbocycles. The average molecular weight is 316 g/mol. The van der Waals surface area contributed by atoms with Gasteiger partial charge in [0.1, 0.15) is 12.2 Å². The molecule has 21 heavy (non-hydrogen) atoms. The Morgan fingerprint density at radius 2 is 2.05 bits per heavy atom. The zero-order valence-electron chi connectivity index (χ0n) is 12.5. The molecule has 116 valence electrons. The molecule has 0 saturated heterocycles. The quantitative estimate of drug-likeness (QED) is 0.663. The van der Waals surface area contributed by atoms with Crippen molar-refractivity contribution in [2.24, 2.45) is 0 Å². The Morgan fingerprint density at radius 1 is 1.43 bits per heavy atom. The Bertz CT molecular complexity index is 553. The molecule has 0 heterocycles. The second-order valence-electron chi connectivity index (χ2n) is 5.41. The minimum absolute atomic E-state index is 0.0587. The van der Waals surface area contributed by atoms with E-state index in [1.165, 1.54) is 12.1 Å². The van der Waals surface area contributed by atoms with E-state index in [2.05, 4.69) is 11.9 Å². The maximum atomic E-state index is 14.0. The molecule has 1 rings (SSSR count). The van der Waals surface area contributed by atoms with Crippen molar-refractivity contribution >= 4 is 23.3 Å². The topological polar surface area (TPSA) is 47.6 Å². The summed E-state index contributed by atoms with van der Waals surface area (Å²) in [6.45, 7) is 8.63. The largest absolute Gasteiger partial charge is 0.485 e. The van der Waals surface area contributed by atoms with Gasteiger partial charge in [-0.2, -0.15) is 0 Å². The fraction of sp³-hybridized carbons (Fsp3) is 0.400. The van der Waals surface area contributed by atoms with E-state index < -0.39 is 17.4 Å². The van der Waals surface area contributed by atoms with E-state index in [1.54, 1.807) is 27.8 Å². The number of hydrogen-bond acceptors (Lipinski definition) is 4. The summed E-state index contributed by atoms with van der Waals surface area (Å²) in [6.07, 6.45) is 0. The smallest absolute Gasteiger partial charge is 0.337 e. The first kappa shape index (κ1) is 17.3. The highest BCUT2D eigenvalue weighted by Crippen LogP contribution is 2.29. The van der Waals surface area contributed by atoms with Gasteiger partial charge < -0.3 is 14.8 Å². The molecule has 0 aliphatic rings. The zero-order chi connectivity index (χ0) is 16.2. The first-order valence-electron chi connectivity index (χ1n) is 6.34. The van der Waals surface area contributed by atoms with Gasteiger partial charge >= 0.3 is 5.97 Å². The number of halogens is 2. The minimum atomic E-state index is -0.624. The van der Waals surface area contributed by atoms with Crippen LogP contribution < -0.4 is 10.1 Å². The second-order valence-corrected chi connectivity index (χ2v) is 5.85. The molecule has 0 amide bonds. The van der Waals surface area contributed by atoms with Crippen LogP contribution in [0.2, 0.25) is 5.02 Å². The molecule has 0 atom stereocenters. The number of ether oxygens (including phenoxy) is 2. The summed E-state index contributed by atoms with van der Waals surface area (Å²) >= 11 is 5.87. The molecule has 1 aromatic rings. The second kappa shape index (κ2) is 6.80. The lowest BCUT2D eigenvalue weighted by Crippen LogP contribution is -2.26. The minimum Gasteiger partial charge on any atom is -0.485 e. The van der Waals surface area contributed by atoms with Crippen molar-refractivity contribution in [2.45, 2.75) is 26.4 Å². The van der Waals surface area contributed by atoms with Crippen LogP contribution in [-0.2, 0) is 9.53 Å². The summed E-state index contributed by atoms with van der Waals surface area (Å²) in [7, 11) is 1.57. The molecular weight excluding hydrogens is 297 g/mol. The third-order valence-corrected chi connectivity index (χ3v) is 2.58. The molecule has 6 heteroatoms. The molecule has 0 radical (unpaired) electrons. The van der Waals surface area contributed by atoms with Crippen LogP contribution in [0.4, 0.5) is 10.1 Å². The molecule has 0 spiro atoms. The highest BCUT2D eigenvalue weighted by molar-refractivity contribution is 6.31. The van der Waals surface area contributed by atoms with Crippen molar-refractivity contribution in [1.29, 1.82) is 0 Å². The van der Waals surface area contributed by atoms with Crippen molar-refractivity contribution in [1.82, 2.24) is 0 Å². The summed E-state index contributed by atoms with van der Waals surface area (Å²) < 4.78 is 24.4. The van der Waals surface area contributed by atoms with Crippen molar-refractivity contribution in [3.63, 3.8) is 0 Å². The van der Waals surface area contributed by atoms with Crippen LogP contribution in [-0.4, -0.2) is 25.2 Å². The summed E-state index contributed by atoms with van der Waals surface area (Å²) in [6, 6.07) is 2.77. The van der Waals surface area contributed by atoms with Gasteiger partial charge in [-0.3, -0.25) is 0 Å². The molecule has 0 unspecified atom stereocenters. The normalized spacial score (nSPS) is 11.0. The number of carbonyl (C=O) groups excluding carboxylic acids is 1. The molecular formula is C15H19ClFNO3. The van der Waals surface area contributed by atoms with Crippen LogP contribution in [0.15, 0.2) is 24.3 Å². The zero-order valence-corrected chi connectivity index (χ0v) is 13.3. The molecule has 4 nitrogen and oxygen atoms in total. The van der Waals surface area contributed by atoms with Gasteiger partial charge in [0.25, 0.3) is 0 Å². The van der Waals surface area contributed by atoms with Crippen LogP contribution >= 0.6 is 11.6 Å². The number of benzene rings is 1. The molecule has 0 bridgehead atoms. The van der Waals surface area contributed by atoms with E-state index in [-0.39, 0.29) is 23.6 Å². The number of nitrogens with one attached hydrogen (secondary N) is 1. The summed E-state index contributed by atoms with van der Waals surface area (Å²) in [4.78, 5) is 11.7. The van der Waals surface area contributed by atoms with E-state index in [1.807, 2.05) is 0 Å². The van der Waals surface area contributed by atoms with Crippen LogP contribution in [0.25, 0.3) is 0 Å². The van der Waals surface area contributed by atoms with E-state index >= 15 is 0 Å². The predicted molar refractivity (Wildman–Crippen MR) is 81.4 cm³/mol. The fourth-order valence-corrected chi connectivity index (χ4v) is 1.63. The van der Waals surface area contributed by atoms with E-state index in [4.69, 9.17) is 21.1 Å². The lowest BCUT2D eigenvalue weighted by molar-refractivity contribution is -0.150. The highest BCUT2D eigenvalue weighted by Gasteiger charge is 2.19. The van der Waals surface area contributed by atoms with E-state index in [0.717, 1.165) is 0 Å². The maximum Gasteiger partial charge on any atom is 0.337 e. The van der Waals surface area contributed by atoms with Crippen molar-refractivity contribution < 1.29 is 18.7 Å². The number of hydrogen-bond donors (Lipinski definition) is 1. The van der Waals surface area contributed by atoms with E-state index in [0.29, 0.717) is 5.02 Å². The molecule has 0 aromatic heterocycles. The molecule has 0 saturated carbocycles. The van der Waals surface area contributed by atoms with Crippen LogP contribution in [0, 0.1) is 5.82 Å². The SMILES string of the molecule is C=C(COc1cc(Cl)cc(NC)c1F)C(=O)OC(C)(C)C. The molecule has 0 fully saturated rings. The van der Waals surface area contributed by atoms with Gasteiger partial charge in [-0.25, -0.2) is 9.18 Å². The Hall–Kier alpha value is -1.75. The van der Waals surface area contributed by atoms with Crippen LogP contribution in [0.1, 0.15) is 20.8 Å². The number of esters is 1. The fourth-order valence-electron chi connectivity index (χ4n) is 1.43. The third kappa shape index (κ3) is 5.27. The monoisotopic (exact) mass is 315 g/mol. The lowest BCUT2D eigenvalue weighted by atomic mass is 10.2. The average Bonchev–Trinajstić information content (AvgIpc) is 2.36. The first-order valence-corrected chi connectivity index (χ1v) is 6.72. The molecule has 0 aliphatic carbocycles. The van der Waals surface area contributed by atoms with Gasteiger partial charge in [0.15, 0.2) is 11.6 Å². The van der Waals surface area contributed by atoms with Crippen LogP contribution in [0.3, 0.4) is 0 Å². The Kier molecular flexibility index (Phi) is 5.61. The number of carbonyl (C=O) groups is 1.